The van der Waals surface area contributed by atoms with Crippen molar-refractivity contribution in [2.45, 2.75) is 19.3 Å². The summed E-state index contributed by atoms with van der Waals surface area (Å²) < 4.78 is 21.0. The Hall–Kier alpha value is 0.0569. The average molecular weight is 192 g/mol. The van der Waals surface area contributed by atoms with E-state index in [-0.39, 0.29) is 6.29 Å². The molecule has 1 aliphatic heterocycles. The van der Waals surface area contributed by atoms with Gasteiger partial charge in [0.05, 0.1) is 12.8 Å². The Balaban J connectivity index is 2.17. The predicted molar refractivity (Wildman–Crippen MR) is 45.9 cm³/mol. The Labute approximate surface area is 74.0 Å². The molecule has 1 fully saturated rings. The summed E-state index contributed by atoms with van der Waals surface area (Å²) in [7, 11) is 1.26. The van der Waals surface area contributed by atoms with Crippen molar-refractivity contribution in [1.29, 1.82) is 0 Å². The van der Waals surface area contributed by atoms with Crippen molar-refractivity contribution in [2.24, 2.45) is 0 Å². The molecule has 72 valence electrons. The van der Waals surface area contributed by atoms with E-state index in [9.17, 15) is 0 Å². The van der Waals surface area contributed by atoms with Crippen LogP contribution in [0.5, 0.6) is 0 Å². The van der Waals surface area contributed by atoms with Crippen LogP contribution in [0, 0.1) is 0 Å². The maximum atomic E-state index is 5.41. The second kappa shape index (κ2) is 4.34. The molecule has 1 saturated heterocycles. The van der Waals surface area contributed by atoms with Gasteiger partial charge < -0.3 is 18.3 Å². The van der Waals surface area contributed by atoms with Crippen LogP contribution in [-0.4, -0.2) is 41.9 Å². The predicted octanol–water partition coefficient (Wildman–Crippen LogP) is 0.653. The van der Waals surface area contributed by atoms with Crippen LogP contribution < -0.4 is 0 Å². The summed E-state index contributed by atoms with van der Waals surface area (Å²) in [4.78, 5) is 0. The highest BCUT2D eigenvalue weighted by atomic mass is 28.4. The Bertz CT molecular complexity index is 133. The molecule has 1 unspecified atom stereocenters. The van der Waals surface area contributed by atoms with Crippen molar-refractivity contribution in [3.63, 3.8) is 0 Å². The van der Waals surface area contributed by atoms with E-state index in [1.807, 2.05) is 6.55 Å². The van der Waals surface area contributed by atoms with E-state index < -0.39 is 8.56 Å². The molecule has 1 rings (SSSR count). The van der Waals surface area contributed by atoms with Gasteiger partial charge in [-0.3, -0.25) is 0 Å². The van der Waals surface area contributed by atoms with Crippen LogP contribution in [0.2, 0.25) is 6.55 Å². The third kappa shape index (κ3) is 2.53. The Kier molecular flexibility index (Phi) is 3.67. The Morgan fingerprint density at radius 3 is 2.33 bits per heavy atom. The van der Waals surface area contributed by atoms with Gasteiger partial charge in [-0.15, -0.1) is 0 Å². The highest BCUT2D eigenvalue weighted by molar-refractivity contribution is 6.65. The monoisotopic (exact) mass is 192 g/mol. The van der Waals surface area contributed by atoms with Crippen molar-refractivity contribution in [3.05, 3.63) is 0 Å². The minimum atomic E-state index is -2.04. The lowest BCUT2D eigenvalue weighted by Crippen LogP contribution is -2.45. The maximum absolute atomic E-state index is 5.41. The van der Waals surface area contributed by atoms with Gasteiger partial charge >= 0.3 is 8.56 Å². The van der Waals surface area contributed by atoms with Gasteiger partial charge in [-0.1, -0.05) is 0 Å². The quantitative estimate of drug-likeness (QED) is 0.599. The van der Waals surface area contributed by atoms with Crippen LogP contribution in [0.15, 0.2) is 0 Å². The van der Waals surface area contributed by atoms with Gasteiger partial charge in [0.15, 0.2) is 6.29 Å². The first-order valence-electron chi connectivity index (χ1n) is 4.04. The summed E-state index contributed by atoms with van der Waals surface area (Å²) >= 11 is 0. The van der Waals surface area contributed by atoms with Gasteiger partial charge in [0.2, 0.25) is 0 Å². The molecule has 1 aliphatic rings. The van der Waals surface area contributed by atoms with E-state index in [4.69, 9.17) is 18.3 Å². The first kappa shape index (κ1) is 10.1. The van der Waals surface area contributed by atoms with Crippen LogP contribution in [0.4, 0.5) is 0 Å². The topological polar surface area (TPSA) is 36.9 Å². The molecular formula is C7H16O4Si. The molecule has 4 nitrogen and oxygen atoms in total. The molecule has 0 aliphatic carbocycles. The molecule has 0 aromatic rings. The van der Waals surface area contributed by atoms with Gasteiger partial charge in [0.1, 0.15) is 0 Å². The van der Waals surface area contributed by atoms with Crippen molar-refractivity contribution < 1.29 is 18.3 Å². The highest BCUT2D eigenvalue weighted by Crippen LogP contribution is 2.14. The highest BCUT2D eigenvalue weighted by Gasteiger charge is 2.32. The third-order valence-corrected chi connectivity index (χ3v) is 4.47. The molecule has 0 radical (unpaired) electrons. The first-order valence-corrected chi connectivity index (χ1v) is 6.56. The van der Waals surface area contributed by atoms with Crippen molar-refractivity contribution in [1.82, 2.24) is 0 Å². The molecule has 0 aromatic carbocycles. The second-order valence-electron chi connectivity index (χ2n) is 2.94. The fraction of sp³-hybridized carbons (Fsp3) is 1.00. The van der Waals surface area contributed by atoms with Crippen LogP contribution in [0.3, 0.4) is 0 Å². The van der Waals surface area contributed by atoms with Crippen LogP contribution in [0.25, 0.3) is 0 Å². The van der Waals surface area contributed by atoms with E-state index in [2.05, 4.69) is 0 Å². The number of rotatable bonds is 5. The molecule has 5 heteroatoms. The molecule has 0 aromatic heterocycles. The zero-order valence-electron chi connectivity index (χ0n) is 7.83. The maximum Gasteiger partial charge on any atom is 0.361 e. The number of ether oxygens (including phenoxy) is 2. The van der Waals surface area contributed by atoms with Gasteiger partial charge in [0.25, 0.3) is 0 Å². The van der Waals surface area contributed by atoms with Crippen molar-refractivity contribution >= 4 is 8.56 Å². The summed E-state index contributed by atoms with van der Waals surface area (Å²) in [5, 5.41) is 0. The SMILES string of the molecule is CO[Si](C)(COC1CCO1)OC. The van der Waals surface area contributed by atoms with Crippen LogP contribution >= 0.6 is 0 Å². The van der Waals surface area contributed by atoms with Crippen LogP contribution in [-0.2, 0) is 18.3 Å². The molecule has 1 atom stereocenters. The largest absolute Gasteiger partial charge is 0.396 e. The van der Waals surface area contributed by atoms with E-state index in [1.54, 1.807) is 14.2 Å². The molecular weight excluding hydrogens is 176 g/mol. The minimum Gasteiger partial charge on any atom is -0.396 e. The summed E-state index contributed by atoms with van der Waals surface area (Å²) in [5.41, 5.74) is 0. The molecule has 12 heavy (non-hydrogen) atoms. The first-order chi connectivity index (χ1) is 5.70. The molecule has 1 heterocycles. The van der Waals surface area contributed by atoms with Crippen molar-refractivity contribution in [2.75, 3.05) is 27.1 Å². The summed E-state index contributed by atoms with van der Waals surface area (Å²) in [6, 6.07) is 0. The third-order valence-electron chi connectivity index (χ3n) is 2.05. The summed E-state index contributed by atoms with van der Waals surface area (Å²) in [5.74, 6) is 0. The van der Waals surface area contributed by atoms with E-state index in [1.165, 1.54) is 0 Å². The Morgan fingerprint density at radius 1 is 1.42 bits per heavy atom. The summed E-state index contributed by atoms with van der Waals surface area (Å²) in [6.07, 6.45) is 1.49. The molecule has 0 saturated carbocycles. The molecule has 0 spiro atoms. The standard InChI is InChI=1S/C7H16O4Si/c1-8-12(3,9-2)6-11-7-4-5-10-7/h7H,4-6H2,1-3H3. The van der Waals surface area contributed by atoms with Crippen LogP contribution in [0.1, 0.15) is 6.42 Å². The normalized spacial score (nSPS) is 23.8. The van der Waals surface area contributed by atoms with Gasteiger partial charge in [-0.2, -0.15) is 0 Å². The molecule has 0 amide bonds. The number of hydrogen-bond acceptors (Lipinski definition) is 4. The Morgan fingerprint density at radius 2 is 2.00 bits per heavy atom. The fourth-order valence-corrected chi connectivity index (χ4v) is 1.68. The van der Waals surface area contributed by atoms with Gasteiger partial charge in [-0.05, 0) is 6.55 Å². The number of hydrogen-bond donors (Lipinski definition) is 0. The fourth-order valence-electron chi connectivity index (χ4n) is 0.791. The second-order valence-corrected chi connectivity index (χ2v) is 6.31. The van der Waals surface area contributed by atoms with Crippen molar-refractivity contribution in [3.8, 4) is 0 Å². The average Bonchev–Trinajstić information content (AvgIpc) is 2.01. The van der Waals surface area contributed by atoms with E-state index in [0.717, 1.165) is 13.0 Å². The zero-order chi connectivity index (χ0) is 9.03. The lowest BCUT2D eigenvalue weighted by molar-refractivity contribution is -0.209. The lowest BCUT2D eigenvalue weighted by Gasteiger charge is -2.30. The van der Waals surface area contributed by atoms with Gasteiger partial charge in [-0.25, -0.2) is 0 Å². The molecule has 0 N–H and O–H groups in total. The smallest absolute Gasteiger partial charge is 0.361 e. The van der Waals surface area contributed by atoms with E-state index in [0.29, 0.717) is 6.23 Å². The zero-order valence-corrected chi connectivity index (χ0v) is 8.83. The summed E-state index contributed by atoms with van der Waals surface area (Å²) in [6.45, 7) is 2.77. The lowest BCUT2D eigenvalue weighted by atomic mass is 10.3. The van der Waals surface area contributed by atoms with Gasteiger partial charge in [0, 0.05) is 20.6 Å². The minimum absolute atomic E-state index is 0.0258. The molecule has 0 bridgehead atoms. The van der Waals surface area contributed by atoms with E-state index >= 15 is 0 Å².